The van der Waals surface area contributed by atoms with E-state index in [0.717, 1.165) is 5.69 Å². The molecule has 1 aromatic rings. The van der Waals surface area contributed by atoms with Gasteiger partial charge in [-0.15, -0.1) is 0 Å². The molecule has 0 amide bonds. The largest absolute Gasteiger partial charge is 0.394 e. The lowest BCUT2D eigenvalue weighted by Gasteiger charge is -2.18. The predicted octanol–water partition coefficient (Wildman–Crippen LogP) is -2.10. The van der Waals surface area contributed by atoms with Gasteiger partial charge in [-0.3, -0.25) is 9.82 Å². The molecule has 20 heavy (non-hydrogen) atoms. The van der Waals surface area contributed by atoms with Crippen molar-refractivity contribution in [2.24, 2.45) is 0 Å². The fourth-order valence-electron chi connectivity index (χ4n) is 1.89. The van der Waals surface area contributed by atoms with Crippen molar-refractivity contribution in [3.63, 3.8) is 0 Å². The number of ether oxygens (including phenoxy) is 1. The van der Waals surface area contributed by atoms with Crippen LogP contribution in [0.15, 0.2) is 24.4 Å². The van der Waals surface area contributed by atoms with Crippen LogP contribution in [0.25, 0.3) is 0 Å². The van der Waals surface area contributed by atoms with Crippen LogP contribution in [0.2, 0.25) is 0 Å². The molecule has 5 N–H and O–H groups in total. The quantitative estimate of drug-likeness (QED) is 0.377. The van der Waals surface area contributed by atoms with E-state index >= 15 is 0 Å². The zero-order valence-corrected chi connectivity index (χ0v) is 10.7. The summed E-state index contributed by atoms with van der Waals surface area (Å²) >= 11 is 0. The number of aromatic nitrogens is 1. The van der Waals surface area contributed by atoms with Crippen LogP contribution in [0, 0.1) is 0 Å². The van der Waals surface area contributed by atoms with E-state index in [4.69, 9.17) is 14.7 Å². The topological polar surface area (TPSA) is 124 Å². The molecule has 1 fully saturated rings. The van der Waals surface area contributed by atoms with Gasteiger partial charge in [0.05, 0.1) is 18.8 Å². The monoisotopic (exact) mass is 286 g/mol. The lowest BCUT2D eigenvalue weighted by molar-refractivity contribution is -0.211. The highest BCUT2D eigenvalue weighted by molar-refractivity contribution is 5.02. The van der Waals surface area contributed by atoms with Crippen molar-refractivity contribution in [3.05, 3.63) is 30.1 Å². The molecule has 5 atom stereocenters. The van der Waals surface area contributed by atoms with Crippen LogP contribution in [0.1, 0.15) is 5.69 Å². The van der Waals surface area contributed by atoms with Gasteiger partial charge in [0.15, 0.2) is 0 Å². The Morgan fingerprint density at radius 3 is 2.80 bits per heavy atom. The van der Waals surface area contributed by atoms with Gasteiger partial charge in [-0.1, -0.05) is 6.07 Å². The highest BCUT2D eigenvalue weighted by Gasteiger charge is 2.46. The number of hydroxylamine groups is 1. The second-order valence-electron chi connectivity index (χ2n) is 4.46. The molecular weight excluding hydrogens is 268 g/mol. The van der Waals surface area contributed by atoms with Gasteiger partial charge in [-0.05, 0) is 12.1 Å². The second kappa shape index (κ2) is 7.04. The van der Waals surface area contributed by atoms with Crippen molar-refractivity contribution >= 4 is 0 Å². The van der Waals surface area contributed by atoms with Gasteiger partial charge >= 0.3 is 0 Å². The summed E-state index contributed by atoms with van der Waals surface area (Å²) in [7, 11) is 0. The van der Waals surface area contributed by atoms with E-state index in [1.165, 1.54) is 0 Å². The van der Waals surface area contributed by atoms with Gasteiger partial charge in [-0.25, -0.2) is 0 Å². The molecule has 0 spiro atoms. The van der Waals surface area contributed by atoms with E-state index in [0.29, 0.717) is 0 Å². The van der Waals surface area contributed by atoms with E-state index in [9.17, 15) is 15.3 Å². The molecular formula is C12H18N2O6. The Labute approximate surface area is 115 Å². The highest BCUT2D eigenvalue weighted by atomic mass is 16.8. The molecule has 0 aromatic carbocycles. The number of pyridine rings is 1. The summed E-state index contributed by atoms with van der Waals surface area (Å²) in [4.78, 5) is 9.16. The van der Waals surface area contributed by atoms with Crippen LogP contribution >= 0.6 is 0 Å². The van der Waals surface area contributed by atoms with Crippen LogP contribution in [0.3, 0.4) is 0 Å². The number of aliphatic hydroxyl groups is 4. The van der Waals surface area contributed by atoms with Gasteiger partial charge in [0.2, 0.25) is 6.29 Å². The number of aliphatic hydroxyl groups excluding tert-OH is 4. The number of hydrogen-bond acceptors (Lipinski definition) is 8. The van der Waals surface area contributed by atoms with Gasteiger partial charge in [-0.2, -0.15) is 5.48 Å². The molecule has 0 radical (unpaired) electrons. The Hall–Kier alpha value is -1.13. The molecule has 8 heteroatoms. The van der Waals surface area contributed by atoms with E-state index in [1.807, 2.05) is 6.07 Å². The Balaban J connectivity index is 1.81. The maximum absolute atomic E-state index is 9.72. The van der Waals surface area contributed by atoms with E-state index in [1.54, 1.807) is 18.3 Å². The first-order valence-corrected chi connectivity index (χ1v) is 6.22. The van der Waals surface area contributed by atoms with Crippen LogP contribution in [0.5, 0.6) is 0 Å². The third-order valence-electron chi connectivity index (χ3n) is 3.00. The minimum Gasteiger partial charge on any atom is -0.394 e. The van der Waals surface area contributed by atoms with Gasteiger partial charge in [0.1, 0.15) is 24.4 Å². The Kier molecular flexibility index (Phi) is 5.38. The molecule has 112 valence electrons. The predicted molar refractivity (Wildman–Crippen MR) is 65.9 cm³/mol. The van der Waals surface area contributed by atoms with Crippen molar-refractivity contribution in [1.82, 2.24) is 10.5 Å². The SMILES string of the molecule is OC[C@H](O)[C@H]1O[C@H](ONCc2ccccn2)[C@H](O)[C@H]1O. The Morgan fingerprint density at radius 2 is 2.15 bits per heavy atom. The first kappa shape index (κ1) is 15.3. The maximum Gasteiger partial charge on any atom is 0.206 e. The minimum atomic E-state index is -1.33. The summed E-state index contributed by atoms with van der Waals surface area (Å²) in [5.74, 6) is 0. The van der Waals surface area contributed by atoms with Crippen LogP contribution < -0.4 is 5.48 Å². The molecule has 8 nitrogen and oxygen atoms in total. The number of nitrogens with one attached hydrogen (secondary N) is 1. The summed E-state index contributed by atoms with van der Waals surface area (Å²) < 4.78 is 5.16. The summed E-state index contributed by atoms with van der Waals surface area (Å²) in [6.07, 6.45) is -4.55. The second-order valence-corrected chi connectivity index (χ2v) is 4.46. The number of rotatable bonds is 6. The average Bonchev–Trinajstić information content (AvgIpc) is 2.76. The zero-order chi connectivity index (χ0) is 14.5. The van der Waals surface area contributed by atoms with Crippen molar-refractivity contribution in [3.8, 4) is 0 Å². The smallest absolute Gasteiger partial charge is 0.206 e. The van der Waals surface area contributed by atoms with Crippen LogP contribution in [-0.4, -0.2) is 62.7 Å². The summed E-state index contributed by atoms with van der Waals surface area (Å²) in [5.41, 5.74) is 3.30. The van der Waals surface area contributed by atoms with E-state index in [-0.39, 0.29) is 6.54 Å². The third-order valence-corrected chi connectivity index (χ3v) is 3.00. The van der Waals surface area contributed by atoms with Crippen molar-refractivity contribution in [1.29, 1.82) is 0 Å². The molecule has 2 heterocycles. The highest BCUT2D eigenvalue weighted by Crippen LogP contribution is 2.24. The molecule has 1 aliphatic rings. The summed E-state index contributed by atoms with van der Waals surface area (Å²) in [6, 6.07) is 5.39. The van der Waals surface area contributed by atoms with Gasteiger partial charge in [0, 0.05) is 6.20 Å². The molecule has 2 rings (SSSR count). The molecule has 0 bridgehead atoms. The normalized spacial score (nSPS) is 31.4. The Morgan fingerprint density at radius 1 is 1.35 bits per heavy atom. The van der Waals surface area contributed by atoms with E-state index < -0.39 is 37.3 Å². The van der Waals surface area contributed by atoms with Crippen LogP contribution in [0.4, 0.5) is 0 Å². The molecule has 0 aliphatic carbocycles. The van der Waals surface area contributed by atoms with Crippen molar-refractivity contribution < 1.29 is 30.0 Å². The lowest BCUT2D eigenvalue weighted by atomic mass is 10.1. The van der Waals surface area contributed by atoms with Gasteiger partial charge in [0.25, 0.3) is 0 Å². The fourth-order valence-corrected chi connectivity index (χ4v) is 1.89. The molecule has 1 aliphatic heterocycles. The van der Waals surface area contributed by atoms with Gasteiger partial charge < -0.3 is 25.2 Å². The summed E-state index contributed by atoms with van der Waals surface area (Å²) in [6.45, 7) is -0.292. The lowest BCUT2D eigenvalue weighted by Crippen LogP contribution is -2.40. The minimum absolute atomic E-state index is 0.288. The molecule has 1 aromatic heterocycles. The maximum atomic E-state index is 9.72. The molecule has 0 unspecified atom stereocenters. The fraction of sp³-hybridized carbons (Fsp3) is 0.583. The van der Waals surface area contributed by atoms with Crippen LogP contribution in [-0.2, 0) is 16.1 Å². The Bertz CT molecular complexity index is 406. The zero-order valence-electron chi connectivity index (χ0n) is 10.7. The standard InChI is InChI=1S/C12H18N2O6/c15-6-8(16)11-9(17)10(18)12(19-11)20-14-5-7-3-1-2-4-13-7/h1-4,8-12,14-18H,5-6H2/t8-,9+,10+,11+,12+/m0/s1. The molecule has 1 saturated heterocycles. The van der Waals surface area contributed by atoms with Crippen molar-refractivity contribution in [2.45, 2.75) is 37.3 Å². The van der Waals surface area contributed by atoms with E-state index in [2.05, 4.69) is 10.5 Å². The third kappa shape index (κ3) is 3.49. The number of hydrogen-bond donors (Lipinski definition) is 5. The number of nitrogens with zero attached hydrogens (tertiary/aromatic N) is 1. The average molecular weight is 286 g/mol. The first-order chi connectivity index (χ1) is 9.63. The first-order valence-electron chi connectivity index (χ1n) is 6.22. The molecule has 0 saturated carbocycles. The van der Waals surface area contributed by atoms with Crippen molar-refractivity contribution in [2.75, 3.05) is 6.61 Å². The summed E-state index contributed by atoms with van der Waals surface area (Å²) in [5, 5.41) is 37.7.